The topological polar surface area (TPSA) is 41.1 Å². The van der Waals surface area contributed by atoms with E-state index in [1.807, 2.05) is 52.0 Å². The van der Waals surface area contributed by atoms with Crippen LogP contribution < -0.4 is 10.6 Å². The zero-order valence-electron chi connectivity index (χ0n) is 11.4. The molecule has 0 radical (unpaired) electrons. The molecule has 2 N–H and O–H groups in total. The van der Waals surface area contributed by atoms with Gasteiger partial charge in [0, 0.05) is 16.6 Å². The smallest absolute Gasteiger partial charge is 0.315 e. The average molecular weight is 269 g/mol. The molecule has 0 fully saturated rings. The van der Waals surface area contributed by atoms with Crippen molar-refractivity contribution < 1.29 is 4.79 Å². The van der Waals surface area contributed by atoms with Gasteiger partial charge in [0.15, 0.2) is 0 Å². The summed E-state index contributed by atoms with van der Waals surface area (Å²) in [5, 5.41) is 6.51. The van der Waals surface area contributed by atoms with Crippen molar-refractivity contribution in [2.45, 2.75) is 45.7 Å². The second kappa shape index (κ2) is 6.10. The molecule has 18 heavy (non-hydrogen) atoms. The summed E-state index contributed by atoms with van der Waals surface area (Å²) in [4.78, 5) is 11.7. The van der Waals surface area contributed by atoms with Crippen molar-refractivity contribution in [1.29, 1.82) is 0 Å². The number of carbonyl (C=O) groups is 1. The Balaban J connectivity index is 2.50. The first kappa shape index (κ1) is 14.8. The fourth-order valence-electron chi connectivity index (χ4n) is 1.65. The summed E-state index contributed by atoms with van der Waals surface area (Å²) >= 11 is 6.08. The van der Waals surface area contributed by atoms with Crippen molar-refractivity contribution >= 4 is 17.6 Å². The molecule has 0 aliphatic rings. The van der Waals surface area contributed by atoms with Gasteiger partial charge in [-0.05, 0) is 45.7 Å². The fourth-order valence-corrected chi connectivity index (χ4v) is 1.86. The van der Waals surface area contributed by atoms with Crippen LogP contribution in [-0.2, 0) is 6.42 Å². The van der Waals surface area contributed by atoms with Crippen LogP contribution >= 0.6 is 11.6 Å². The molecular formula is C14H21ClN2O. The van der Waals surface area contributed by atoms with E-state index in [-0.39, 0.29) is 17.6 Å². The van der Waals surface area contributed by atoms with Gasteiger partial charge in [0.2, 0.25) is 0 Å². The van der Waals surface area contributed by atoms with Gasteiger partial charge >= 0.3 is 6.03 Å². The van der Waals surface area contributed by atoms with Crippen LogP contribution in [0.2, 0.25) is 5.02 Å². The average Bonchev–Trinajstić information content (AvgIpc) is 2.18. The molecule has 3 nitrogen and oxygen atoms in total. The van der Waals surface area contributed by atoms with Crippen LogP contribution in [0.3, 0.4) is 0 Å². The number of rotatable bonds is 3. The summed E-state index contributed by atoms with van der Waals surface area (Å²) < 4.78 is 0. The molecule has 0 aliphatic heterocycles. The monoisotopic (exact) mass is 268 g/mol. The molecule has 0 saturated heterocycles. The fraction of sp³-hybridized carbons (Fsp3) is 0.500. The quantitative estimate of drug-likeness (QED) is 0.867. The molecule has 0 saturated carbocycles. The molecule has 0 bridgehead atoms. The first-order valence-corrected chi connectivity index (χ1v) is 6.48. The van der Waals surface area contributed by atoms with Crippen molar-refractivity contribution in [3.63, 3.8) is 0 Å². The van der Waals surface area contributed by atoms with Gasteiger partial charge in [0.25, 0.3) is 0 Å². The van der Waals surface area contributed by atoms with Crippen molar-refractivity contribution in [3.05, 3.63) is 34.9 Å². The van der Waals surface area contributed by atoms with Crippen molar-refractivity contribution in [1.82, 2.24) is 10.6 Å². The second-order valence-corrected chi connectivity index (χ2v) is 5.95. The van der Waals surface area contributed by atoms with Gasteiger partial charge in [-0.2, -0.15) is 0 Å². The number of halogens is 1. The molecule has 100 valence electrons. The van der Waals surface area contributed by atoms with Crippen LogP contribution in [0.25, 0.3) is 0 Å². The minimum Gasteiger partial charge on any atom is -0.335 e. The predicted molar refractivity (Wildman–Crippen MR) is 76.0 cm³/mol. The first-order chi connectivity index (χ1) is 8.28. The minimum atomic E-state index is -0.228. The first-order valence-electron chi connectivity index (χ1n) is 6.10. The summed E-state index contributed by atoms with van der Waals surface area (Å²) in [6, 6.07) is 7.56. The molecule has 1 atom stereocenters. The predicted octanol–water partition coefficient (Wildman–Crippen LogP) is 3.37. The highest BCUT2D eigenvalue weighted by molar-refractivity contribution is 6.31. The van der Waals surface area contributed by atoms with E-state index < -0.39 is 0 Å². The highest BCUT2D eigenvalue weighted by Gasteiger charge is 2.15. The molecule has 1 aromatic rings. The maximum absolute atomic E-state index is 11.7. The number of amides is 2. The lowest BCUT2D eigenvalue weighted by Gasteiger charge is -2.23. The summed E-state index contributed by atoms with van der Waals surface area (Å²) in [5.41, 5.74) is 0.816. The van der Waals surface area contributed by atoms with Gasteiger partial charge < -0.3 is 10.6 Å². The third kappa shape index (κ3) is 5.41. The van der Waals surface area contributed by atoms with Gasteiger partial charge in [-0.1, -0.05) is 29.8 Å². The summed E-state index contributed by atoms with van der Waals surface area (Å²) in [6.07, 6.45) is 0.719. The Labute approximate surface area is 114 Å². The summed E-state index contributed by atoms with van der Waals surface area (Å²) in [5.74, 6) is 0. The summed E-state index contributed by atoms with van der Waals surface area (Å²) in [6.45, 7) is 7.81. The number of carbonyl (C=O) groups excluding carboxylic acids is 1. The van der Waals surface area contributed by atoms with Crippen LogP contribution in [0.5, 0.6) is 0 Å². The lowest BCUT2D eigenvalue weighted by atomic mass is 10.1. The van der Waals surface area contributed by atoms with Crippen LogP contribution in [0, 0.1) is 0 Å². The number of nitrogens with one attached hydrogen (secondary N) is 2. The van der Waals surface area contributed by atoms with Gasteiger partial charge in [-0.15, -0.1) is 0 Å². The van der Waals surface area contributed by atoms with E-state index in [9.17, 15) is 4.79 Å². The van der Waals surface area contributed by atoms with E-state index in [1.165, 1.54) is 0 Å². The van der Waals surface area contributed by atoms with Gasteiger partial charge in [-0.25, -0.2) is 4.79 Å². The minimum absolute atomic E-state index is 0.0345. The van der Waals surface area contributed by atoms with Crippen LogP contribution in [0.1, 0.15) is 33.3 Å². The van der Waals surface area contributed by atoms with Gasteiger partial charge in [0.05, 0.1) is 0 Å². The molecule has 1 aromatic carbocycles. The highest BCUT2D eigenvalue weighted by Crippen LogP contribution is 2.16. The van der Waals surface area contributed by atoms with E-state index in [0.29, 0.717) is 0 Å². The van der Waals surface area contributed by atoms with Gasteiger partial charge in [0.1, 0.15) is 0 Å². The Morgan fingerprint density at radius 3 is 2.50 bits per heavy atom. The van der Waals surface area contributed by atoms with Crippen LogP contribution in [0.4, 0.5) is 4.79 Å². The summed E-state index contributed by atoms with van der Waals surface area (Å²) in [7, 11) is 0. The van der Waals surface area contributed by atoms with E-state index in [0.717, 1.165) is 17.0 Å². The zero-order valence-corrected chi connectivity index (χ0v) is 12.1. The third-order valence-corrected chi connectivity index (χ3v) is 2.72. The Kier molecular flexibility index (Phi) is 5.03. The van der Waals surface area contributed by atoms with Gasteiger partial charge in [-0.3, -0.25) is 0 Å². The Morgan fingerprint density at radius 1 is 1.33 bits per heavy atom. The molecule has 1 rings (SSSR count). The largest absolute Gasteiger partial charge is 0.335 e. The van der Waals surface area contributed by atoms with Crippen LogP contribution in [0.15, 0.2) is 24.3 Å². The molecule has 0 aliphatic carbocycles. The highest BCUT2D eigenvalue weighted by atomic mass is 35.5. The van der Waals surface area contributed by atoms with Crippen LogP contribution in [-0.4, -0.2) is 17.6 Å². The van der Waals surface area contributed by atoms with E-state index in [2.05, 4.69) is 10.6 Å². The lowest BCUT2D eigenvalue weighted by molar-refractivity contribution is 0.229. The van der Waals surface area contributed by atoms with Crippen molar-refractivity contribution in [2.75, 3.05) is 0 Å². The van der Waals surface area contributed by atoms with E-state index in [1.54, 1.807) is 0 Å². The molecule has 4 heteroatoms. The zero-order chi connectivity index (χ0) is 13.8. The number of benzene rings is 1. The van der Waals surface area contributed by atoms with E-state index in [4.69, 9.17) is 11.6 Å². The Bertz CT molecular complexity index is 413. The third-order valence-electron chi connectivity index (χ3n) is 2.35. The molecule has 1 unspecified atom stereocenters. The standard InChI is InChI=1S/C14H21ClN2O/c1-10(16-13(18)17-14(2,3)4)9-11-7-5-6-8-12(11)15/h5-8,10H,9H2,1-4H3,(H2,16,17,18). The van der Waals surface area contributed by atoms with Crippen molar-refractivity contribution in [2.24, 2.45) is 0 Å². The lowest BCUT2D eigenvalue weighted by Crippen LogP contribution is -2.49. The molecule has 0 spiro atoms. The SMILES string of the molecule is CC(Cc1ccccc1Cl)NC(=O)NC(C)(C)C. The maximum Gasteiger partial charge on any atom is 0.315 e. The number of hydrogen-bond donors (Lipinski definition) is 2. The normalized spacial score (nSPS) is 12.9. The molecule has 2 amide bonds. The maximum atomic E-state index is 11.7. The number of hydrogen-bond acceptors (Lipinski definition) is 1. The Morgan fingerprint density at radius 2 is 1.94 bits per heavy atom. The molecule has 0 aromatic heterocycles. The number of urea groups is 1. The second-order valence-electron chi connectivity index (χ2n) is 5.55. The van der Waals surface area contributed by atoms with E-state index >= 15 is 0 Å². The Hall–Kier alpha value is -1.22. The van der Waals surface area contributed by atoms with Crippen molar-refractivity contribution in [3.8, 4) is 0 Å². The molecular weight excluding hydrogens is 248 g/mol. The molecule has 0 heterocycles.